The lowest BCUT2D eigenvalue weighted by Gasteiger charge is -2.34. The molecule has 0 amide bonds. The number of anilines is 1. The summed E-state index contributed by atoms with van der Waals surface area (Å²) in [4.78, 5) is 13.8. The molecule has 0 spiro atoms. The van der Waals surface area contributed by atoms with Gasteiger partial charge in [0.05, 0.1) is 29.3 Å². The van der Waals surface area contributed by atoms with E-state index in [1.54, 1.807) is 0 Å². The van der Waals surface area contributed by atoms with Crippen LogP contribution in [0.25, 0.3) is 0 Å². The highest BCUT2D eigenvalue weighted by atomic mass is 19.1. The Bertz CT molecular complexity index is 521. The van der Waals surface area contributed by atoms with Gasteiger partial charge in [-0.05, 0) is 6.07 Å². The van der Waals surface area contributed by atoms with Crippen molar-refractivity contribution in [2.75, 3.05) is 37.6 Å². The Balaban J connectivity index is 2.08. The van der Waals surface area contributed by atoms with E-state index in [1.165, 1.54) is 12.1 Å². The van der Waals surface area contributed by atoms with Crippen molar-refractivity contribution in [3.05, 3.63) is 34.1 Å². The summed E-state index contributed by atoms with van der Waals surface area (Å²) in [6.07, 6.45) is 0. The molecule has 0 unspecified atom stereocenters. The fraction of sp³-hybridized carbons (Fsp3) is 0.417. The van der Waals surface area contributed by atoms with Crippen molar-refractivity contribution in [2.24, 2.45) is 0 Å². The molecular formula is C12H13FN4O2. The molecule has 0 atom stereocenters. The second-order valence-corrected chi connectivity index (χ2v) is 4.31. The molecule has 6 nitrogen and oxygen atoms in total. The zero-order valence-corrected chi connectivity index (χ0v) is 10.3. The van der Waals surface area contributed by atoms with Gasteiger partial charge in [-0.15, -0.1) is 0 Å². The predicted octanol–water partition coefficient (Wildman–Crippen LogP) is 1.38. The van der Waals surface area contributed by atoms with Crippen LogP contribution in [0.5, 0.6) is 0 Å². The van der Waals surface area contributed by atoms with E-state index in [0.717, 1.165) is 6.07 Å². The molecule has 1 saturated heterocycles. The molecule has 100 valence electrons. The molecule has 0 N–H and O–H groups in total. The average molecular weight is 264 g/mol. The van der Waals surface area contributed by atoms with E-state index in [2.05, 4.69) is 6.07 Å². The lowest BCUT2D eigenvalue weighted by atomic mass is 10.2. The van der Waals surface area contributed by atoms with E-state index in [9.17, 15) is 14.5 Å². The van der Waals surface area contributed by atoms with Gasteiger partial charge in [0, 0.05) is 32.2 Å². The normalized spacial score (nSPS) is 16.1. The van der Waals surface area contributed by atoms with Gasteiger partial charge in [0.1, 0.15) is 0 Å². The summed E-state index contributed by atoms with van der Waals surface area (Å²) in [7, 11) is 0. The van der Waals surface area contributed by atoms with E-state index in [1.807, 2.05) is 9.80 Å². The fourth-order valence-electron chi connectivity index (χ4n) is 2.11. The topological polar surface area (TPSA) is 73.4 Å². The summed E-state index contributed by atoms with van der Waals surface area (Å²) in [6, 6.07) is 5.77. The molecule has 0 aromatic heterocycles. The van der Waals surface area contributed by atoms with Crippen molar-refractivity contribution in [1.29, 1.82) is 5.26 Å². The Kier molecular flexibility index (Phi) is 3.92. The number of benzene rings is 1. The van der Waals surface area contributed by atoms with Crippen LogP contribution in [-0.4, -0.2) is 42.5 Å². The Morgan fingerprint density at radius 2 is 2.05 bits per heavy atom. The summed E-state index contributed by atoms with van der Waals surface area (Å²) in [5, 5.41) is 19.1. The quantitative estimate of drug-likeness (QED) is 0.468. The minimum atomic E-state index is -0.613. The fourth-order valence-corrected chi connectivity index (χ4v) is 2.11. The van der Waals surface area contributed by atoms with Crippen LogP contribution >= 0.6 is 0 Å². The maximum absolute atomic E-state index is 13.8. The summed E-state index contributed by atoms with van der Waals surface area (Å²) in [5.74, 6) is -0.581. The first-order chi connectivity index (χ1) is 9.11. The van der Waals surface area contributed by atoms with Crippen molar-refractivity contribution in [3.8, 4) is 6.07 Å². The lowest BCUT2D eigenvalue weighted by molar-refractivity contribution is -0.385. The number of piperazine rings is 1. The molecule has 1 fully saturated rings. The number of hydrogen-bond acceptors (Lipinski definition) is 5. The number of nitriles is 1. The molecule has 2 rings (SSSR count). The minimum absolute atomic E-state index is 0.246. The van der Waals surface area contributed by atoms with E-state index < -0.39 is 10.7 Å². The van der Waals surface area contributed by atoms with Crippen molar-refractivity contribution in [3.63, 3.8) is 0 Å². The molecule has 1 aliphatic rings. The van der Waals surface area contributed by atoms with Gasteiger partial charge in [0.15, 0.2) is 5.82 Å². The van der Waals surface area contributed by atoms with Gasteiger partial charge in [-0.3, -0.25) is 15.0 Å². The maximum atomic E-state index is 13.8. The molecule has 0 bridgehead atoms. The van der Waals surface area contributed by atoms with E-state index >= 15 is 0 Å². The summed E-state index contributed by atoms with van der Waals surface area (Å²) < 4.78 is 13.8. The minimum Gasteiger partial charge on any atom is -0.367 e. The third-order valence-corrected chi connectivity index (χ3v) is 3.15. The third kappa shape index (κ3) is 2.98. The van der Waals surface area contributed by atoms with Gasteiger partial charge in [-0.25, -0.2) is 4.39 Å². The second-order valence-electron chi connectivity index (χ2n) is 4.31. The van der Waals surface area contributed by atoms with Crippen LogP contribution < -0.4 is 4.90 Å². The lowest BCUT2D eigenvalue weighted by Crippen LogP contribution is -2.46. The molecule has 7 heteroatoms. The zero-order chi connectivity index (χ0) is 13.8. The van der Waals surface area contributed by atoms with Gasteiger partial charge in [0.25, 0.3) is 5.69 Å². The molecule has 1 aromatic carbocycles. The van der Waals surface area contributed by atoms with Crippen LogP contribution in [-0.2, 0) is 0 Å². The first kappa shape index (κ1) is 13.2. The van der Waals surface area contributed by atoms with E-state index in [-0.39, 0.29) is 5.69 Å². The Hall–Kier alpha value is -2.20. The summed E-state index contributed by atoms with van der Waals surface area (Å²) in [5.41, 5.74) is 0.131. The van der Waals surface area contributed by atoms with Crippen LogP contribution in [0.3, 0.4) is 0 Å². The van der Waals surface area contributed by atoms with Crippen LogP contribution in [0, 0.1) is 27.3 Å². The van der Waals surface area contributed by atoms with Crippen LogP contribution in [0.1, 0.15) is 0 Å². The van der Waals surface area contributed by atoms with Crippen LogP contribution in [0.4, 0.5) is 15.8 Å². The molecule has 0 saturated carbocycles. The van der Waals surface area contributed by atoms with Crippen LogP contribution in [0.15, 0.2) is 18.2 Å². The van der Waals surface area contributed by atoms with Gasteiger partial charge in [-0.2, -0.15) is 5.26 Å². The predicted molar refractivity (Wildman–Crippen MR) is 67.3 cm³/mol. The van der Waals surface area contributed by atoms with Crippen molar-refractivity contribution in [1.82, 2.24) is 4.90 Å². The molecule has 1 heterocycles. The summed E-state index contributed by atoms with van der Waals surface area (Å²) in [6.45, 7) is 2.96. The largest absolute Gasteiger partial charge is 0.367 e. The number of rotatable bonds is 3. The Morgan fingerprint density at radius 3 is 2.58 bits per heavy atom. The van der Waals surface area contributed by atoms with Crippen molar-refractivity contribution in [2.45, 2.75) is 0 Å². The third-order valence-electron chi connectivity index (χ3n) is 3.15. The van der Waals surface area contributed by atoms with Crippen molar-refractivity contribution < 1.29 is 9.31 Å². The molecular weight excluding hydrogens is 251 g/mol. The Morgan fingerprint density at radius 1 is 1.37 bits per heavy atom. The standard InChI is InChI=1S/C12H13FN4O2/c13-11-9-10(17(18)19)1-2-12(11)16-7-5-15(4-3-14)6-8-16/h1-2,9H,4-8H2. The number of nitro benzene ring substituents is 1. The molecule has 0 aliphatic carbocycles. The van der Waals surface area contributed by atoms with Gasteiger partial charge < -0.3 is 4.90 Å². The average Bonchev–Trinajstić information content (AvgIpc) is 2.40. The summed E-state index contributed by atoms with van der Waals surface area (Å²) >= 11 is 0. The van der Waals surface area contributed by atoms with E-state index in [0.29, 0.717) is 38.4 Å². The first-order valence-corrected chi connectivity index (χ1v) is 5.90. The zero-order valence-electron chi connectivity index (χ0n) is 10.3. The number of nitro groups is 1. The highest BCUT2D eigenvalue weighted by Gasteiger charge is 2.20. The van der Waals surface area contributed by atoms with Crippen molar-refractivity contribution >= 4 is 11.4 Å². The smallest absolute Gasteiger partial charge is 0.272 e. The SMILES string of the molecule is N#CCN1CCN(c2ccc([N+](=O)[O-])cc2F)CC1. The molecule has 0 radical (unpaired) electrons. The maximum Gasteiger partial charge on any atom is 0.272 e. The van der Waals surface area contributed by atoms with Gasteiger partial charge in [0.2, 0.25) is 0 Å². The molecule has 1 aliphatic heterocycles. The second kappa shape index (κ2) is 5.63. The van der Waals surface area contributed by atoms with E-state index in [4.69, 9.17) is 5.26 Å². The molecule has 1 aromatic rings. The monoisotopic (exact) mass is 264 g/mol. The highest BCUT2D eigenvalue weighted by molar-refractivity contribution is 5.52. The number of nitrogens with zero attached hydrogens (tertiary/aromatic N) is 4. The number of non-ortho nitro benzene ring substituents is 1. The Labute approximate surface area is 109 Å². The molecule has 19 heavy (non-hydrogen) atoms. The van der Waals surface area contributed by atoms with Gasteiger partial charge >= 0.3 is 0 Å². The number of hydrogen-bond donors (Lipinski definition) is 0. The number of halogens is 1. The van der Waals surface area contributed by atoms with Crippen LogP contribution in [0.2, 0.25) is 0 Å². The van der Waals surface area contributed by atoms with Gasteiger partial charge in [-0.1, -0.05) is 0 Å². The highest BCUT2D eigenvalue weighted by Crippen LogP contribution is 2.24. The first-order valence-electron chi connectivity index (χ1n) is 5.90.